The summed E-state index contributed by atoms with van der Waals surface area (Å²) in [7, 11) is 1.92. The maximum Gasteiger partial charge on any atom is 0.307 e. The smallest absolute Gasteiger partial charge is 0.307 e. The van der Waals surface area contributed by atoms with Gasteiger partial charge in [0.1, 0.15) is 0 Å². The third kappa shape index (κ3) is 1.95. The van der Waals surface area contributed by atoms with Gasteiger partial charge in [-0.05, 0) is 24.0 Å². The third-order valence-corrected chi connectivity index (χ3v) is 5.14. The van der Waals surface area contributed by atoms with Crippen LogP contribution >= 0.6 is 11.6 Å². The number of likely N-dealkylation sites (tertiary alicyclic amines) is 1. The predicted molar refractivity (Wildman–Crippen MR) is 79.1 cm³/mol. The zero-order valence-electron chi connectivity index (χ0n) is 11.7. The summed E-state index contributed by atoms with van der Waals surface area (Å²) in [5, 5.41) is 15.4. The number of nitrogens with zero attached hydrogens (tertiary/aromatic N) is 3. The first kappa shape index (κ1) is 13.1. The Hall–Kier alpha value is -1.59. The minimum atomic E-state index is -0.643. The van der Waals surface area contributed by atoms with Crippen LogP contribution in [-0.4, -0.2) is 38.8 Å². The van der Waals surface area contributed by atoms with Gasteiger partial charge in [-0.15, -0.1) is 0 Å². The van der Waals surface area contributed by atoms with Crippen LogP contribution in [0.25, 0.3) is 10.9 Å². The maximum absolute atomic E-state index is 11.0. The molecule has 2 heterocycles. The quantitative estimate of drug-likeness (QED) is 0.942. The zero-order valence-corrected chi connectivity index (χ0v) is 12.4. The third-order valence-electron chi connectivity index (χ3n) is 4.83. The molecular weight excluding hydrogens is 290 g/mol. The van der Waals surface area contributed by atoms with Gasteiger partial charge in [0, 0.05) is 32.1 Å². The van der Waals surface area contributed by atoms with Crippen LogP contribution in [-0.2, 0) is 18.4 Å². The average Bonchev–Trinajstić information content (AvgIpc) is 2.78. The number of rotatable bonds is 3. The molecule has 1 saturated heterocycles. The first-order chi connectivity index (χ1) is 10.1. The van der Waals surface area contributed by atoms with Gasteiger partial charge < -0.3 is 5.11 Å². The van der Waals surface area contributed by atoms with Crippen molar-refractivity contribution >= 4 is 28.5 Å². The predicted octanol–water partition coefficient (Wildman–Crippen LogP) is 1.99. The van der Waals surface area contributed by atoms with E-state index in [9.17, 15) is 4.79 Å². The van der Waals surface area contributed by atoms with Crippen LogP contribution in [0, 0.1) is 17.8 Å². The monoisotopic (exact) mass is 305 g/mol. The highest BCUT2D eigenvalue weighted by molar-refractivity contribution is 6.35. The fourth-order valence-corrected chi connectivity index (χ4v) is 4.06. The van der Waals surface area contributed by atoms with Gasteiger partial charge in [0.15, 0.2) is 0 Å². The highest BCUT2D eigenvalue weighted by atomic mass is 35.5. The van der Waals surface area contributed by atoms with E-state index < -0.39 is 5.97 Å². The van der Waals surface area contributed by atoms with Gasteiger partial charge in [0.2, 0.25) is 0 Å². The van der Waals surface area contributed by atoms with E-state index in [0.29, 0.717) is 11.8 Å². The number of aryl methyl sites for hydroxylation is 1. The van der Waals surface area contributed by atoms with Gasteiger partial charge in [-0.2, -0.15) is 5.10 Å². The number of aliphatic carboxylic acids is 1. The van der Waals surface area contributed by atoms with Crippen molar-refractivity contribution in [3.05, 3.63) is 28.9 Å². The molecule has 0 radical (unpaired) electrons. The number of carbonyl (C=O) groups is 1. The van der Waals surface area contributed by atoms with E-state index in [1.54, 1.807) is 0 Å². The number of fused-ring (bicyclic) bond motifs is 2. The standard InChI is InChI=1S/C15H16ClN3O2/c1-18-12-4-2-3-10(16)14(12)11(17-18)7-19-5-8-9(6-19)13(8)15(20)21/h2-4,8-9,13H,5-7H2,1H3,(H,20,21)/t8-,9+,13?. The molecule has 2 aromatic rings. The normalized spacial score (nSPS) is 28.0. The summed E-state index contributed by atoms with van der Waals surface area (Å²) >= 11 is 6.31. The number of benzene rings is 1. The Morgan fingerprint density at radius 1 is 1.43 bits per heavy atom. The van der Waals surface area contributed by atoms with E-state index in [1.807, 2.05) is 29.9 Å². The minimum Gasteiger partial charge on any atom is -0.481 e. The molecule has 6 heteroatoms. The first-order valence-electron chi connectivity index (χ1n) is 7.11. The molecule has 1 saturated carbocycles. The Labute approximate surface area is 127 Å². The lowest BCUT2D eigenvalue weighted by Gasteiger charge is -2.17. The Bertz CT molecular complexity index is 730. The van der Waals surface area contributed by atoms with Gasteiger partial charge in [0.05, 0.1) is 22.2 Å². The van der Waals surface area contributed by atoms with E-state index in [-0.39, 0.29) is 5.92 Å². The summed E-state index contributed by atoms with van der Waals surface area (Å²) in [5.74, 6) is -0.109. The fraction of sp³-hybridized carbons (Fsp3) is 0.467. The molecule has 3 atom stereocenters. The second-order valence-electron chi connectivity index (χ2n) is 6.09. The van der Waals surface area contributed by atoms with E-state index >= 15 is 0 Å². The lowest BCUT2D eigenvalue weighted by molar-refractivity contribution is -0.139. The van der Waals surface area contributed by atoms with Crippen LogP contribution < -0.4 is 0 Å². The number of halogens is 1. The van der Waals surface area contributed by atoms with Crippen LogP contribution in [0.5, 0.6) is 0 Å². The summed E-state index contributed by atoms with van der Waals surface area (Å²) < 4.78 is 1.85. The first-order valence-corrected chi connectivity index (χ1v) is 7.49. The molecule has 2 fully saturated rings. The Morgan fingerprint density at radius 2 is 2.14 bits per heavy atom. The molecule has 110 valence electrons. The van der Waals surface area contributed by atoms with Gasteiger partial charge >= 0.3 is 5.97 Å². The van der Waals surface area contributed by atoms with Gasteiger partial charge in [0.25, 0.3) is 0 Å². The molecule has 1 aliphatic carbocycles. The number of carboxylic acid groups (broad SMARTS) is 1. The summed E-state index contributed by atoms with van der Waals surface area (Å²) in [6.07, 6.45) is 0. The van der Waals surface area contributed by atoms with Crippen molar-refractivity contribution in [3.63, 3.8) is 0 Å². The van der Waals surface area contributed by atoms with Gasteiger partial charge in [-0.25, -0.2) is 0 Å². The van der Waals surface area contributed by atoms with Crippen molar-refractivity contribution in [2.45, 2.75) is 6.54 Å². The van der Waals surface area contributed by atoms with Crippen molar-refractivity contribution < 1.29 is 9.90 Å². The largest absolute Gasteiger partial charge is 0.481 e. The highest BCUT2D eigenvalue weighted by Gasteiger charge is 2.59. The molecule has 21 heavy (non-hydrogen) atoms. The Morgan fingerprint density at radius 3 is 2.81 bits per heavy atom. The Balaban J connectivity index is 1.56. The molecular formula is C15H16ClN3O2. The highest BCUT2D eigenvalue weighted by Crippen LogP contribution is 2.52. The average molecular weight is 306 g/mol. The van der Waals surface area contributed by atoms with Gasteiger partial charge in [-0.1, -0.05) is 17.7 Å². The molecule has 0 bridgehead atoms. The fourth-order valence-electron chi connectivity index (χ4n) is 3.78. The molecule has 1 N–H and O–H groups in total. The Kier molecular flexibility index (Phi) is 2.78. The van der Waals surface area contributed by atoms with Crippen molar-refractivity contribution in [2.24, 2.45) is 24.8 Å². The topological polar surface area (TPSA) is 58.4 Å². The number of hydrogen-bond donors (Lipinski definition) is 1. The van der Waals surface area contributed by atoms with E-state index in [0.717, 1.165) is 41.3 Å². The van der Waals surface area contributed by atoms with Crippen LogP contribution in [0.15, 0.2) is 18.2 Å². The van der Waals surface area contributed by atoms with Gasteiger partial charge in [-0.3, -0.25) is 14.4 Å². The van der Waals surface area contributed by atoms with Crippen LogP contribution in [0.1, 0.15) is 5.69 Å². The lowest BCUT2D eigenvalue weighted by Crippen LogP contribution is -2.26. The summed E-state index contributed by atoms with van der Waals surface area (Å²) in [6.45, 7) is 2.44. The summed E-state index contributed by atoms with van der Waals surface area (Å²) in [4.78, 5) is 13.3. The number of piperidine rings is 1. The molecule has 0 spiro atoms. The minimum absolute atomic E-state index is 0.120. The van der Waals surface area contributed by atoms with Crippen molar-refractivity contribution in [3.8, 4) is 0 Å². The van der Waals surface area contributed by atoms with Crippen molar-refractivity contribution in [1.29, 1.82) is 0 Å². The van der Waals surface area contributed by atoms with E-state index in [1.165, 1.54) is 0 Å². The SMILES string of the molecule is Cn1nc(CN2C[C@@H]3C(C(=O)O)[C@@H]3C2)c2c(Cl)cccc21. The molecule has 1 aliphatic heterocycles. The molecule has 2 aliphatic rings. The molecule has 5 nitrogen and oxygen atoms in total. The number of hydrogen-bond acceptors (Lipinski definition) is 3. The molecule has 1 aromatic heterocycles. The molecule has 4 rings (SSSR count). The summed E-state index contributed by atoms with van der Waals surface area (Å²) in [6, 6.07) is 5.83. The molecule has 0 amide bonds. The number of carboxylic acids is 1. The van der Waals surface area contributed by atoms with Crippen molar-refractivity contribution in [2.75, 3.05) is 13.1 Å². The second-order valence-corrected chi connectivity index (χ2v) is 6.50. The lowest BCUT2D eigenvalue weighted by atomic mass is 10.2. The van der Waals surface area contributed by atoms with E-state index in [4.69, 9.17) is 16.7 Å². The maximum atomic E-state index is 11.0. The van der Waals surface area contributed by atoms with Crippen molar-refractivity contribution in [1.82, 2.24) is 14.7 Å². The van der Waals surface area contributed by atoms with E-state index in [2.05, 4.69) is 10.00 Å². The number of aromatic nitrogens is 2. The summed E-state index contributed by atoms with van der Waals surface area (Å²) in [5.41, 5.74) is 2.01. The van der Waals surface area contributed by atoms with Crippen LogP contribution in [0.3, 0.4) is 0 Å². The molecule has 1 unspecified atom stereocenters. The van der Waals surface area contributed by atoms with Crippen LogP contribution in [0.4, 0.5) is 0 Å². The molecule has 1 aromatic carbocycles. The van der Waals surface area contributed by atoms with Crippen LogP contribution in [0.2, 0.25) is 5.02 Å². The zero-order chi connectivity index (χ0) is 14.7. The second kappa shape index (κ2) is 4.45.